The lowest BCUT2D eigenvalue weighted by Gasteiger charge is -2.29. The van der Waals surface area contributed by atoms with Crippen LogP contribution < -0.4 is 0 Å². The fraction of sp³-hybridized carbons (Fsp3) is 0.643. The van der Waals surface area contributed by atoms with Gasteiger partial charge in [0.2, 0.25) is 5.76 Å². The molecule has 1 aliphatic heterocycles. The second kappa shape index (κ2) is 6.69. The Morgan fingerprint density at radius 3 is 2.70 bits per heavy atom. The predicted molar refractivity (Wildman–Crippen MR) is 80.6 cm³/mol. The summed E-state index contributed by atoms with van der Waals surface area (Å²) < 4.78 is 33.0. The van der Waals surface area contributed by atoms with Gasteiger partial charge in [0.05, 0.1) is 17.2 Å². The van der Waals surface area contributed by atoms with Gasteiger partial charge in [0, 0.05) is 18.7 Å². The Morgan fingerprint density at radius 1 is 1.52 bits per heavy atom. The third kappa shape index (κ3) is 4.10. The summed E-state index contributed by atoms with van der Waals surface area (Å²) in [5.74, 6) is -1.24. The van der Waals surface area contributed by atoms with Gasteiger partial charge in [-0.3, -0.25) is 4.79 Å². The SMILES string of the molecule is CCN(C(=O)C(C)OC(=O)c1cc(C)no1)C1CCS(=O)(=O)C1. The second-order valence-electron chi connectivity index (χ2n) is 5.56. The van der Waals surface area contributed by atoms with Crippen molar-refractivity contribution >= 4 is 21.7 Å². The number of ether oxygens (including phenoxy) is 1. The molecule has 2 atom stereocenters. The fourth-order valence-electron chi connectivity index (χ4n) is 2.58. The monoisotopic (exact) mass is 344 g/mol. The maximum Gasteiger partial charge on any atom is 0.377 e. The number of carbonyl (C=O) groups is 2. The first-order valence-electron chi connectivity index (χ1n) is 7.38. The number of amides is 1. The summed E-state index contributed by atoms with van der Waals surface area (Å²) in [6, 6.07) is 1.05. The molecule has 0 radical (unpaired) electrons. The van der Waals surface area contributed by atoms with Gasteiger partial charge in [-0.05, 0) is 27.2 Å². The van der Waals surface area contributed by atoms with Crippen molar-refractivity contribution in [2.24, 2.45) is 0 Å². The van der Waals surface area contributed by atoms with Crippen LogP contribution >= 0.6 is 0 Å². The Balaban J connectivity index is 2.01. The highest BCUT2D eigenvalue weighted by Gasteiger charge is 2.36. The van der Waals surface area contributed by atoms with Gasteiger partial charge in [0.25, 0.3) is 5.91 Å². The minimum absolute atomic E-state index is 0.0471. The summed E-state index contributed by atoms with van der Waals surface area (Å²) in [5, 5.41) is 3.58. The van der Waals surface area contributed by atoms with Crippen LogP contribution in [0.25, 0.3) is 0 Å². The number of aryl methyl sites for hydroxylation is 1. The smallest absolute Gasteiger partial charge is 0.377 e. The number of rotatable bonds is 5. The minimum atomic E-state index is -3.10. The molecule has 1 aromatic heterocycles. The van der Waals surface area contributed by atoms with E-state index in [4.69, 9.17) is 9.26 Å². The summed E-state index contributed by atoms with van der Waals surface area (Å²) in [5.41, 5.74) is 0.530. The van der Waals surface area contributed by atoms with Gasteiger partial charge < -0.3 is 14.2 Å². The minimum Gasteiger partial charge on any atom is -0.447 e. The van der Waals surface area contributed by atoms with E-state index in [1.807, 2.05) is 0 Å². The van der Waals surface area contributed by atoms with Crippen molar-refractivity contribution < 1.29 is 27.3 Å². The molecule has 1 amide bonds. The summed E-state index contributed by atoms with van der Waals surface area (Å²) >= 11 is 0. The number of sulfone groups is 1. The average molecular weight is 344 g/mol. The van der Waals surface area contributed by atoms with E-state index < -0.39 is 27.8 Å². The first-order valence-corrected chi connectivity index (χ1v) is 9.21. The topological polar surface area (TPSA) is 107 Å². The van der Waals surface area contributed by atoms with Crippen molar-refractivity contribution in [3.8, 4) is 0 Å². The standard InChI is InChI=1S/C14H20N2O6S/c1-4-16(11-5-6-23(19,20)8-11)13(17)10(3)21-14(18)12-7-9(2)15-22-12/h7,10-11H,4-6,8H2,1-3H3. The van der Waals surface area contributed by atoms with E-state index >= 15 is 0 Å². The highest BCUT2D eigenvalue weighted by Crippen LogP contribution is 2.19. The molecule has 2 heterocycles. The number of likely N-dealkylation sites (N-methyl/N-ethyl adjacent to an activating group) is 1. The number of esters is 1. The quantitative estimate of drug-likeness (QED) is 0.718. The summed E-state index contributed by atoms with van der Waals surface area (Å²) in [6.45, 7) is 5.23. The van der Waals surface area contributed by atoms with Crippen LogP contribution in [0.15, 0.2) is 10.6 Å². The number of nitrogens with zero attached hydrogens (tertiary/aromatic N) is 2. The van der Waals surface area contributed by atoms with Gasteiger partial charge >= 0.3 is 5.97 Å². The van der Waals surface area contributed by atoms with E-state index in [1.54, 1.807) is 13.8 Å². The van der Waals surface area contributed by atoms with Gasteiger partial charge in [-0.1, -0.05) is 5.16 Å². The Labute approximate surface area is 134 Å². The molecular weight excluding hydrogens is 324 g/mol. The van der Waals surface area contributed by atoms with Crippen LogP contribution in [-0.4, -0.2) is 60.5 Å². The molecule has 2 unspecified atom stereocenters. The zero-order valence-electron chi connectivity index (χ0n) is 13.3. The van der Waals surface area contributed by atoms with Crippen LogP contribution in [0, 0.1) is 6.92 Å². The number of hydrogen-bond donors (Lipinski definition) is 0. The third-order valence-corrected chi connectivity index (χ3v) is 5.48. The molecule has 2 rings (SSSR count). The lowest BCUT2D eigenvalue weighted by Crippen LogP contribution is -2.46. The van der Waals surface area contributed by atoms with Crippen molar-refractivity contribution in [2.45, 2.75) is 39.3 Å². The molecule has 1 fully saturated rings. The highest BCUT2D eigenvalue weighted by molar-refractivity contribution is 7.91. The molecule has 0 aromatic carbocycles. The molecule has 0 spiro atoms. The number of aromatic nitrogens is 1. The Kier molecular flexibility index (Phi) is 5.08. The third-order valence-electron chi connectivity index (χ3n) is 3.73. The molecule has 0 saturated carbocycles. The highest BCUT2D eigenvalue weighted by atomic mass is 32.2. The Hall–Kier alpha value is -1.90. The second-order valence-corrected chi connectivity index (χ2v) is 7.79. The molecule has 0 bridgehead atoms. The summed E-state index contributed by atoms with van der Waals surface area (Å²) in [4.78, 5) is 25.8. The maximum absolute atomic E-state index is 12.5. The molecule has 1 aliphatic rings. The van der Waals surface area contributed by atoms with Crippen LogP contribution in [0.3, 0.4) is 0 Å². The number of carbonyl (C=O) groups excluding carboxylic acids is 2. The lowest BCUT2D eigenvalue weighted by atomic mass is 10.2. The van der Waals surface area contributed by atoms with Gasteiger partial charge in [0.15, 0.2) is 15.9 Å². The van der Waals surface area contributed by atoms with Crippen molar-refractivity contribution in [2.75, 3.05) is 18.1 Å². The van der Waals surface area contributed by atoms with E-state index in [0.717, 1.165) is 0 Å². The summed E-state index contributed by atoms with van der Waals surface area (Å²) in [6.07, 6.45) is -0.625. The van der Waals surface area contributed by atoms with Gasteiger partial charge in [-0.15, -0.1) is 0 Å². The zero-order chi connectivity index (χ0) is 17.2. The molecule has 0 N–H and O–H groups in total. The molecule has 9 heteroatoms. The van der Waals surface area contributed by atoms with E-state index in [9.17, 15) is 18.0 Å². The maximum atomic E-state index is 12.5. The molecule has 1 aromatic rings. The average Bonchev–Trinajstić information content (AvgIpc) is 3.05. The lowest BCUT2D eigenvalue weighted by molar-refractivity contribution is -0.141. The van der Waals surface area contributed by atoms with Gasteiger partial charge in [-0.2, -0.15) is 0 Å². The van der Waals surface area contributed by atoms with Crippen LogP contribution in [0.2, 0.25) is 0 Å². The fourth-order valence-corrected chi connectivity index (χ4v) is 4.31. The van der Waals surface area contributed by atoms with Crippen molar-refractivity contribution in [1.82, 2.24) is 10.1 Å². The van der Waals surface area contributed by atoms with Crippen LogP contribution in [0.1, 0.15) is 36.5 Å². The summed E-state index contributed by atoms with van der Waals surface area (Å²) in [7, 11) is -3.10. The number of hydrogen-bond acceptors (Lipinski definition) is 7. The molecule has 0 aliphatic carbocycles. The molecule has 1 saturated heterocycles. The van der Waals surface area contributed by atoms with Gasteiger partial charge in [0.1, 0.15) is 0 Å². The molecule has 8 nitrogen and oxygen atoms in total. The first kappa shape index (κ1) is 17.5. The molecule has 23 heavy (non-hydrogen) atoms. The first-order chi connectivity index (χ1) is 10.7. The normalized spacial score (nSPS) is 20.9. The largest absolute Gasteiger partial charge is 0.447 e. The van der Waals surface area contributed by atoms with Crippen LogP contribution in [0.4, 0.5) is 0 Å². The van der Waals surface area contributed by atoms with Crippen LogP contribution in [-0.2, 0) is 19.4 Å². The zero-order valence-corrected chi connectivity index (χ0v) is 14.1. The van der Waals surface area contributed by atoms with Crippen LogP contribution in [0.5, 0.6) is 0 Å². The van der Waals surface area contributed by atoms with E-state index in [1.165, 1.54) is 17.9 Å². The molecule has 128 valence electrons. The van der Waals surface area contributed by atoms with Crippen molar-refractivity contribution in [3.05, 3.63) is 17.5 Å². The Bertz CT molecular complexity index is 696. The van der Waals surface area contributed by atoms with Crippen molar-refractivity contribution in [3.63, 3.8) is 0 Å². The molecular formula is C14H20N2O6S. The van der Waals surface area contributed by atoms with Gasteiger partial charge in [-0.25, -0.2) is 13.2 Å². The van der Waals surface area contributed by atoms with E-state index in [-0.39, 0.29) is 23.3 Å². The Morgan fingerprint density at radius 2 is 2.22 bits per heavy atom. The van der Waals surface area contributed by atoms with E-state index in [0.29, 0.717) is 18.7 Å². The van der Waals surface area contributed by atoms with Crippen molar-refractivity contribution in [1.29, 1.82) is 0 Å². The van der Waals surface area contributed by atoms with E-state index in [2.05, 4.69) is 5.16 Å². The predicted octanol–water partition coefficient (Wildman–Crippen LogP) is 0.564.